The van der Waals surface area contributed by atoms with Crippen molar-refractivity contribution in [2.45, 2.75) is 6.42 Å². The molecule has 0 fully saturated rings. The largest absolute Gasteiger partial charge is 0.504 e. The highest BCUT2D eigenvalue weighted by atomic mass is 79.9. The lowest BCUT2D eigenvalue weighted by molar-refractivity contribution is -0.386. The molecule has 0 unspecified atom stereocenters. The topological polar surface area (TPSA) is 96.7 Å². The maximum absolute atomic E-state index is 11.0. The number of nitro benzene ring substituents is 1. The number of phenols is 2. The first-order valence-corrected chi connectivity index (χ1v) is 7.12. The minimum absolute atomic E-state index is 0.00196. The number of benzene rings is 2. The standard InChI is InChI=1S/C15H10BrNO5/c16-11-12(17(20)21)14(19)13(18)10-7-9(22-15(10)11)6-8-4-2-1-3-5-8/h1-5,7,18-19H,6H2. The van der Waals surface area contributed by atoms with Crippen LogP contribution in [0, 0.1) is 10.1 Å². The first kappa shape index (κ1) is 14.4. The van der Waals surface area contributed by atoms with Crippen LogP contribution in [0.25, 0.3) is 11.0 Å². The van der Waals surface area contributed by atoms with Gasteiger partial charge in [0.25, 0.3) is 0 Å². The Balaban J connectivity index is 2.16. The molecule has 0 amide bonds. The van der Waals surface area contributed by atoms with Crippen LogP contribution >= 0.6 is 15.9 Å². The molecule has 0 radical (unpaired) electrons. The monoisotopic (exact) mass is 363 g/mol. The summed E-state index contributed by atoms with van der Waals surface area (Å²) in [6.45, 7) is 0. The fourth-order valence-corrected chi connectivity index (χ4v) is 2.91. The first-order chi connectivity index (χ1) is 10.5. The van der Waals surface area contributed by atoms with Crippen LogP contribution in [0.4, 0.5) is 5.69 Å². The van der Waals surface area contributed by atoms with Crippen molar-refractivity contribution >= 4 is 32.6 Å². The maximum Gasteiger partial charge on any atom is 0.332 e. The molecule has 1 aromatic heterocycles. The first-order valence-electron chi connectivity index (χ1n) is 6.33. The van der Waals surface area contributed by atoms with Crippen molar-refractivity contribution in [1.82, 2.24) is 0 Å². The van der Waals surface area contributed by atoms with Crippen LogP contribution in [0.2, 0.25) is 0 Å². The molecule has 7 heteroatoms. The minimum Gasteiger partial charge on any atom is -0.504 e. The Hall–Kier alpha value is -2.54. The average Bonchev–Trinajstić information content (AvgIpc) is 2.90. The highest BCUT2D eigenvalue weighted by Gasteiger charge is 2.28. The molecule has 0 aliphatic rings. The average molecular weight is 364 g/mol. The van der Waals surface area contributed by atoms with E-state index in [1.807, 2.05) is 30.3 Å². The summed E-state index contributed by atoms with van der Waals surface area (Å²) in [5, 5.41) is 31.0. The van der Waals surface area contributed by atoms with E-state index in [0.29, 0.717) is 12.2 Å². The zero-order valence-corrected chi connectivity index (χ0v) is 12.7. The van der Waals surface area contributed by atoms with Crippen LogP contribution in [0.1, 0.15) is 11.3 Å². The Kier molecular flexibility index (Phi) is 3.50. The summed E-state index contributed by atoms with van der Waals surface area (Å²) in [7, 11) is 0. The fraction of sp³-hybridized carbons (Fsp3) is 0.0667. The molecule has 2 aromatic carbocycles. The Morgan fingerprint density at radius 2 is 1.86 bits per heavy atom. The molecule has 1 heterocycles. The molecule has 0 aliphatic heterocycles. The number of fused-ring (bicyclic) bond motifs is 1. The molecule has 112 valence electrons. The van der Waals surface area contributed by atoms with Gasteiger partial charge in [-0.2, -0.15) is 0 Å². The second-order valence-electron chi connectivity index (χ2n) is 4.73. The number of hydrogen-bond donors (Lipinski definition) is 2. The van der Waals surface area contributed by atoms with Gasteiger partial charge in [0.2, 0.25) is 5.75 Å². The number of rotatable bonds is 3. The van der Waals surface area contributed by atoms with E-state index in [4.69, 9.17) is 4.42 Å². The van der Waals surface area contributed by atoms with Crippen molar-refractivity contribution < 1.29 is 19.6 Å². The Bertz CT molecular complexity index is 873. The summed E-state index contributed by atoms with van der Waals surface area (Å²) in [5.41, 5.74) is 0.509. The second kappa shape index (κ2) is 5.34. The lowest BCUT2D eigenvalue weighted by Gasteiger charge is -2.02. The van der Waals surface area contributed by atoms with Crippen molar-refractivity contribution in [2.24, 2.45) is 0 Å². The van der Waals surface area contributed by atoms with E-state index in [0.717, 1.165) is 5.56 Å². The molecule has 3 aromatic rings. The Labute approximate surface area is 132 Å². The lowest BCUT2D eigenvalue weighted by atomic mass is 10.1. The lowest BCUT2D eigenvalue weighted by Crippen LogP contribution is -1.91. The van der Waals surface area contributed by atoms with E-state index in [9.17, 15) is 20.3 Å². The predicted molar refractivity (Wildman–Crippen MR) is 83.1 cm³/mol. The second-order valence-corrected chi connectivity index (χ2v) is 5.53. The van der Waals surface area contributed by atoms with Gasteiger partial charge in [-0.05, 0) is 27.6 Å². The van der Waals surface area contributed by atoms with Crippen molar-refractivity contribution in [3.8, 4) is 11.5 Å². The van der Waals surface area contributed by atoms with Crippen LogP contribution in [-0.2, 0) is 6.42 Å². The van der Waals surface area contributed by atoms with E-state index in [1.165, 1.54) is 0 Å². The number of hydrogen-bond acceptors (Lipinski definition) is 5. The number of aromatic hydroxyl groups is 2. The van der Waals surface area contributed by atoms with Crippen LogP contribution in [0.5, 0.6) is 11.5 Å². The van der Waals surface area contributed by atoms with E-state index in [1.54, 1.807) is 6.07 Å². The van der Waals surface area contributed by atoms with Gasteiger partial charge in [-0.1, -0.05) is 30.3 Å². The van der Waals surface area contributed by atoms with E-state index in [-0.39, 0.29) is 15.4 Å². The maximum atomic E-state index is 11.0. The molecule has 0 saturated heterocycles. The third-order valence-electron chi connectivity index (χ3n) is 3.30. The summed E-state index contributed by atoms with van der Waals surface area (Å²) in [6, 6.07) is 11.1. The van der Waals surface area contributed by atoms with Gasteiger partial charge in [-0.3, -0.25) is 10.1 Å². The van der Waals surface area contributed by atoms with Crippen LogP contribution in [0.3, 0.4) is 0 Å². The number of phenolic OH excluding ortho intramolecular Hbond substituents is 2. The van der Waals surface area contributed by atoms with Gasteiger partial charge < -0.3 is 14.6 Å². The Morgan fingerprint density at radius 3 is 2.50 bits per heavy atom. The normalized spacial score (nSPS) is 11.0. The van der Waals surface area contributed by atoms with Gasteiger partial charge >= 0.3 is 5.69 Å². The van der Waals surface area contributed by atoms with Gasteiger partial charge in [0.15, 0.2) is 11.3 Å². The highest BCUT2D eigenvalue weighted by Crippen LogP contribution is 2.48. The van der Waals surface area contributed by atoms with Gasteiger partial charge in [0.1, 0.15) is 10.2 Å². The Morgan fingerprint density at radius 1 is 1.18 bits per heavy atom. The molecule has 6 nitrogen and oxygen atoms in total. The van der Waals surface area contributed by atoms with Gasteiger partial charge in [-0.25, -0.2) is 0 Å². The van der Waals surface area contributed by atoms with Gasteiger partial charge in [-0.15, -0.1) is 0 Å². The fourth-order valence-electron chi connectivity index (χ4n) is 2.28. The number of nitro groups is 1. The number of furan rings is 1. The summed E-state index contributed by atoms with van der Waals surface area (Å²) in [6.07, 6.45) is 0.468. The van der Waals surface area contributed by atoms with Crippen molar-refractivity contribution in [3.63, 3.8) is 0 Å². The summed E-state index contributed by atoms with van der Waals surface area (Å²) in [5.74, 6) is -0.818. The summed E-state index contributed by atoms with van der Waals surface area (Å²) >= 11 is 3.06. The quantitative estimate of drug-likeness (QED) is 0.414. The van der Waals surface area contributed by atoms with E-state index < -0.39 is 22.1 Å². The van der Waals surface area contributed by atoms with Gasteiger partial charge in [0, 0.05) is 6.42 Å². The SMILES string of the molecule is O=[N+]([O-])c1c(O)c(O)c2cc(Cc3ccccc3)oc2c1Br. The molecule has 0 aliphatic carbocycles. The van der Waals surface area contributed by atoms with Crippen molar-refractivity contribution in [2.75, 3.05) is 0 Å². The highest BCUT2D eigenvalue weighted by molar-refractivity contribution is 9.10. The smallest absolute Gasteiger partial charge is 0.332 e. The van der Waals surface area contributed by atoms with E-state index >= 15 is 0 Å². The van der Waals surface area contributed by atoms with Crippen LogP contribution in [0.15, 0.2) is 45.3 Å². The molecule has 0 atom stereocenters. The molecule has 0 bridgehead atoms. The minimum atomic E-state index is -0.781. The molecule has 2 N–H and O–H groups in total. The van der Waals surface area contributed by atoms with Gasteiger partial charge in [0.05, 0.1) is 10.3 Å². The zero-order valence-electron chi connectivity index (χ0n) is 11.1. The summed E-state index contributed by atoms with van der Waals surface area (Å²) < 4.78 is 5.61. The third-order valence-corrected chi connectivity index (χ3v) is 4.03. The number of halogens is 1. The van der Waals surface area contributed by atoms with Crippen LogP contribution < -0.4 is 0 Å². The van der Waals surface area contributed by atoms with Crippen molar-refractivity contribution in [1.29, 1.82) is 0 Å². The molecule has 22 heavy (non-hydrogen) atoms. The van der Waals surface area contributed by atoms with Crippen LogP contribution in [-0.4, -0.2) is 15.1 Å². The third kappa shape index (κ3) is 2.29. The van der Waals surface area contributed by atoms with Crippen molar-refractivity contribution in [3.05, 3.63) is 62.3 Å². The predicted octanol–water partition coefficient (Wildman–Crippen LogP) is 4.11. The molecular formula is C15H10BrNO5. The van der Waals surface area contributed by atoms with E-state index in [2.05, 4.69) is 15.9 Å². The molecule has 3 rings (SSSR count). The molecular weight excluding hydrogens is 354 g/mol. The molecule has 0 spiro atoms. The number of nitrogens with zero attached hydrogens (tertiary/aromatic N) is 1. The summed E-state index contributed by atoms with van der Waals surface area (Å²) in [4.78, 5) is 10.2. The molecule has 0 saturated carbocycles. The zero-order chi connectivity index (χ0) is 15.9.